The molecule has 0 fully saturated rings. The quantitative estimate of drug-likeness (QED) is 0.186. The van der Waals surface area contributed by atoms with Gasteiger partial charge in [0.2, 0.25) is 0 Å². The number of fused-ring (bicyclic) bond motifs is 13. The van der Waals surface area contributed by atoms with Gasteiger partial charge in [-0.15, -0.1) is 11.3 Å². The summed E-state index contributed by atoms with van der Waals surface area (Å²) in [6, 6.07) is 51.3. The van der Waals surface area contributed by atoms with E-state index in [0.717, 1.165) is 16.6 Å². The molecule has 3 aromatic heterocycles. The largest absolute Gasteiger partial charge is 0.456 e. The van der Waals surface area contributed by atoms with Crippen molar-refractivity contribution in [2.24, 2.45) is 0 Å². The smallest absolute Gasteiger partial charge is 0.136 e. The maximum absolute atomic E-state index is 6.22. The molecule has 0 unspecified atom stereocenters. The van der Waals surface area contributed by atoms with E-state index in [1.165, 1.54) is 86.4 Å². The fourth-order valence-corrected chi connectivity index (χ4v) is 9.79. The van der Waals surface area contributed by atoms with Crippen LogP contribution in [0.25, 0.3) is 91.9 Å². The Balaban J connectivity index is 1.14. The van der Waals surface area contributed by atoms with Crippen LogP contribution in [0.2, 0.25) is 0 Å². The number of hydrogen-bond acceptors (Lipinski definition) is 2. The Morgan fingerprint density at radius 2 is 1.31 bits per heavy atom. The number of rotatable bonds is 2. The molecule has 3 heteroatoms. The lowest BCUT2D eigenvalue weighted by Crippen LogP contribution is -2.16. The molecule has 0 saturated heterocycles. The standard InChI is InChI=1S/C45H29NOS/c1-45(2)36-14-6-3-10-29(36)32-21-22-33-30-11-4-7-15-37(30)46(44(33)43(32)45)27-19-23-40-35(25-27)31-20-18-26(24-41(31)48-40)28-13-9-17-39-42(28)34-12-5-8-16-38(34)47-39/h3-25H,1-2H3. The lowest BCUT2D eigenvalue weighted by molar-refractivity contribution is 0.664. The highest BCUT2D eigenvalue weighted by molar-refractivity contribution is 7.25. The van der Waals surface area contributed by atoms with Gasteiger partial charge in [-0.3, -0.25) is 0 Å². The summed E-state index contributed by atoms with van der Waals surface area (Å²) in [5, 5.41) is 7.54. The molecule has 1 aliphatic carbocycles. The second kappa shape index (κ2) is 9.25. The summed E-state index contributed by atoms with van der Waals surface area (Å²) in [6.07, 6.45) is 0. The van der Waals surface area contributed by atoms with Crippen molar-refractivity contribution < 1.29 is 4.42 Å². The molecule has 48 heavy (non-hydrogen) atoms. The summed E-state index contributed by atoms with van der Waals surface area (Å²) >= 11 is 1.87. The van der Waals surface area contributed by atoms with Crippen LogP contribution in [-0.4, -0.2) is 4.57 Å². The first-order valence-electron chi connectivity index (χ1n) is 16.6. The first kappa shape index (κ1) is 26.4. The van der Waals surface area contributed by atoms with E-state index in [2.05, 4.69) is 152 Å². The minimum Gasteiger partial charge on any atom is -0.456 e. The van der Waals surface area contributed by atoms with Crippen molar-refractivity contribution in [3.05, 3.63) is 151 Å². The normalized spacial score (nSPS) is 13.8. The Kier molecular flexibility index (Phi) is 5.09. The molecule has 0 saturated carbocycles. The maximum Gasteiger partial charge on any atom is 0.136 e. The van der Waals surface area contributed by atoms with Crippen LogP contribution in [-0.2, 0) is 5.41 Å². The van der Waals surface area contributed by atoms with E-state index < -0.39 is 0 Å². The molecule has 0 atom stereocenters. The van der Waals surface area contributed by atoms with E-state index in [1.54, 1.807) is 0 Å². The summed E-state index contributed by atoms with van der Waals surface area (Å²) in [5.41, 5.74) is 13.4. The number of furan rings is 1. The maximum atomic E-state index is 6.22. The molecule has 0 bridgehead atoms. The van der Waals surface area contributed by atoms with Gasteiger partial charge in [-0.05, 0) is 75.8 Å². The summed E-state index contributed by atoms with van der Waals surface area (Å²) < 4.78 is 11.3. The number of thiophene rings is 1. The first-order chi connectivity index (χ1) is 23.6. The molecule has 0 spiro atoms. The highest BCUT2D eigenvalue weighted by Gasteiger charge is 2.38. The predicted molar refractivity (Wildman–Crippen MR) is 204 cm³/mol. The van der Waals surface area contributed by atoms with Crippen molar-refractivity contribution >= 4 is 75.3 Å². The van der Waals surface area contributed by atoms with E-state index in [9.17, 15) is 0 Å². The fourth-order valence-electron chi connectivity index (χ4n) is 8.67. The average molecular weight is 632 g/mol. The number of para-hydroxylation sites is 2. The molecule has 2 nitrogen and oxygen atoms in total. The van der Waals surface area contributed by atoms with Gasteiger partial charge in [0.1, 0.15) is 11.2 Å². The first-order valence-corrected chi connectivity index (χ1v) is 17.4. The molecular formula is C45H29NOS. The van der Waals surface area contributed by atoms with Gasteiger partial charge in [0.25, 0.3) is 0 Å². The Morgan fingerprint density at radius 3 is 2.25 bits per heavy atom. The van der Waals surface area contributed by atoms with Gasteiger partial charge >= 0.3 is 0 Å². The molecule has 0 N–H and O–H groups in total. The van der Waals surface area contributed by atoms with Crippen LogP contribution in [0.3, 0.4) is 0 Å². The van der Waals surface area contributed by atoms with Crippen molar-refractivity contribution in [2.75, 3.05) is 0 Å². The summed E-state index contributed by atoms with van der Waals surface area (Å²) in [7, 11) is 0. The molecule has 226 valence electrons. The van der Waals surface area contributed by atoms with Gasteiger partial charge < -0.3 is 8.98 Å². The van der Waals surface area contributed by atoms with Crippen molar-refractivity contribution in [3.8, 4) is 27.9 Å². The van der Waals surface area contributed by atoms with Crippen LogP contribution in [0.15, 0.2) is 144 Å². The Bertz CT molecular complexity index is 2990. The van der Waals surface area contributed by atoms with E-state index in [4.69, 9.17) is 4.42 Å². The van der Waals surface area contributed by atoms with E-state index in [1.807, 2.05) is 17.4 Å². The highest BCUT2D eigenvalue weighted by Crippen LogP contribution is 2.53. The average Bonchev–Trinajstić information content (AvgIpc) is 3.84. The predicted octanol–water partition coefficient (Wildman–Crippen LogP) is 13.0. The van der Waals surface area contributed by atoms with E-state index >= 15 is 0 Å². The van der Waals surface area contributed by atoms with Crippen LogP contribution in [0.1, 0.15) is 25.0 Å². The molecule has 11 rings (SSSR count). The molecule has 1 aliphatic rings. The minimum atomic E-state index is -0.115. The third kappa shape index (κ3) is 3.36. The topological polar surface area (TPSA) is 18.1 Å². The highest BCUT2D eigenvalue weighted by atomic mass is 32.1. The lowest BCUT2D eigenvalue weighted by atomic mass is 9.81. The van der Waals surface area contributed by atoms with Crippen LogP contribution >= 0.6 is 11.3 Å². The molecule has 3 heterocycles. The minimum absolute atomic E-state index is 0.115. The summed E-state index contributed by atoms with van der Waals surface area (Å²) in [6.45, 7) is 4.78. The van der Waals surface area contributed by atoms with Crippen molar-refractivity contribution in [2.45, 2.75) is 19.3 Å². The van der Waals surface area contributed by atoms with E-state index in [-0.39, 0.29) is 5.41 Å². The molecule has 0 aliphatic heterocycles. The molecule has 0 radical (unpaired) electrons. The zero-order chi connectivity index (χ0) is 31.7. The summed E-state index contributed by atoms with van der Waals surface area (Å²) in [5.74, 6) is 0. The third-order valence-electron chi connectivity index (χ3n) is 10.8. The Hall–Kier alpha value is -5.64. The molecular weight excluding hydrogens is 603 g/mol. The fraction of sp³-hybridized carbons (Fsp3) is 0.0667. The monoisotopic (exact) mass is 631 g/mol. The second-order valence-corrected chi connectivity index (χ2v) is 14.8. The van der Waals surface area contributed by atoms with E-state index in [0.29, 0.717) is 0 Å². The van der Waals surface area contributed by atoms with Crippen LogP contribution < -0.4 is 0 Å². The summed E-state index contributed by atoms with van der Waals surface area (Å²) in [4.78, 5) is 0. The van der Waals surface area contributed by atoms with Gasteiger partial charge in [0.15, 0.2) is 0 Å². The van der Waals surface area contributed by atoms with Gasteiger partial charge in [0, 0.05) is 52.8 Å². The second-order valence-electron chi connectivity index (χ2n) is 13.7. The van der Waals surface area contributed by atoms with Gasteiger partial charge in [0.05, 0.1) is 11.0 Å². The van der Waals surface area contributed by atoms with Gasteiger partial charge in [-0.25, -0.2) is 0 Å². The lowest BCUT2D eigenvalue weighted by Gasteiger charge is -2.23. The van der Waals surface area contributed by atoms with Crippen LogP contribution in [0.4, 0.5) is 0 Å². The molecule has 0 amide bonds. The zero-order valence-electron chi connectivity index (χ0n) is 26.5. The van der Waals surface area contributed by atoms with Crippen molar-refractivity contribution in [1.82, 2.24) is 4.57 Å². The van der Waals surface area contributed by atoms with Gasteiger partial charge in [-0.2, -0.15) is 0 Å². The Morgan fingerprint density at radius 1 is 0.542 bits per heavy atom. The zero-order valence-corrected chi connectivity index (χ0v) is 27.4. The number of nitrogens with zero attached hydrogens (tertiary/aromatic N) is 1. The van der Waals surface area contributed by atoms with Gasteiger partial charge in [-0.1, -0.05) is 111 Å². The van der Waals surface area contributed by atoms with Crippen LogP contribution in [0, 0.1) is 0 Å². The van der Waals surface area contributed by atoms with Crippen molar-refractivity contribution in [1.29, 1.82) is 0 Å². The molecule has 10 aromatic rings. The number of hydrogen-bond donors (Lipinski definition) is 0. The molecule has 7 aromatic carbocycles. The SMILES string of the molecule is CC1(C)c2ccccc2-c2ccc3c4ccccc4n(-c4ccc5sc6cc(-c7cccc8oc9ccccc9c78)ccc6c5c4)c3c21. The third-order valence-corrected chi connectivity index (χ3v) is 11.9. The number of aromatic nitrogens is 1. The van der Waals surface area contributed by atoms with Crippen LogP contribution in [0.5, 0.6) is 0 Å². The Labute approximate surface area is 281 Å². The van der Waals surface area contributed by atoms with Crippen molar-refractivity contribution in [3.63, 3.8) is 0 Å². The number of benzene rings is 7.